The quantitative estimate of drug-likeness (QED) is 0.922. The summed E-state index contributed by atoms with van der Waals surface area (Å²) in [5.74, 6) is 0. The molecule has 2 aliphatic rings. The Balaban J connectivity index is 1.73. The molecule has 4 heteroatoms. The summed E-state index contributed by atoms with van der Waals surface area (Å²) in [5.41, 5.74) is 4.85. The number of likely N-dealkylation sites (tertiary alicyclic amines) is 1. The van der Waals surface area contributed by atoms with Crippen molar-refractivity contribution in [3.05, 3.63) is 17.0 Å². The van der Waals surface area contributed by atoms with Gasteiger partial charge >= 0.3 is 0 Å². The van der Waals surface area contributed by atoms with Crippen LogP contribution in [0.3, 0.4) is 0 Å². The van der Waals surface area contributed by atoms with Gasteiger partial charge in [0.15, 0.2) is 0 Å². The molecule has 0 atom stereocenters. The van der Waals surface area contributed by atoms with Crippen molar-refractivity contribution in [1.82, 2.24) is 20.0 Å². The first-order valence-electron chi connectivity index (χ1n) is 8.64. The molecule has 1 N–H and O–H groups in total. The topological polar surface area (TPSA) is 33.1 Å². The average Bonchev–Trinajstić information content (AvgIpc) is 3.01. The van der Waals surface area contributed by atoms with Crippen molar-refractivity contribution in [1.29, 1.82) is 0 Å². The molecule has 0 aromatic carbocycles. The van der Waals surface area contributed by atoms with Crippen LogP contribution in [-0.2, 0) is 26.4 Å². The molecule has 21 heavy (non-hydrogen) atoms. The van der Waals surface area contributed by atoms with Crippen molar-refractivity contribution >= 4 is 0 Å². The monoisotopic (exact) mass is 290 g/mol. The second-order valence-corrected chi connectivity index (χ2v) is 6.91. The number of aryl methyl sites for hydroxylation is 2. The van der Waals surface area contributed by atoms with Crippen LogP contribution in [0.2, 0.25) is 0 Å². The second-order valence-electron chi connectivity index (χ2n) is 6.91. The zero-order valence-electron chi connectivity index (χ0n) is 13.9. The van der Waals surface area contributed by atoms with Crippen molar-refractivity contribution in [2.24, 2.45) is 12.5 Å². The number of hydrogen-bond donors (Lipinski definition) is 1. The van der Waals surface area contributed by atoms with E-state index in [0.717, 1.165) is 19.4 Å². The average molecular weight is 290 g/mol. The van der Waals surface area contributed by atoms with E-state index < -0.39 is 0 Å². The van der Waals surface area contributed by atoms with Crippen LogP contribution in [0.15, 0.2) is 0 Å². The highest BCUT2D eigenvalue weighted by atomic mass is 15.3. The summed E-state index contributed by atoms with van der Waals surface area (Å²) in [6.45, 7) is 10.6. The fourth-order valence-corrected chi connectivity index (χ4v) is 4.32. The smallest absolute Gasteiger partial charge is 0.0669 e. The van der Waals surface area contributed by atoms with Crippen LogP contribution < -0.4 is 5.32 Å². The molecular formula is C17H30N4. The molecule has 0 radical (unpaired) electrons. The van der Waals surface area contributed by atoms with E-state index in [0.29, 0.717) is 5.41 Å². The number of aromatic nitrogens is 2. The van der Waals surface area contributed by atoms with Crippen LogP contribution in [0.25, 0.3) is 0 Å². The lowest BCUT2D eigenvalue weighted by molar-refractivity contribution is 0.193. The zero-order valence-corrected chi connectivity index (χ0v) is 13.9. The van der Waals surface area contributed by atoms with E-state index in [4.69, 9.17) is 5.10 Å². The fourth-order valence-electron chi connectivity index (χ4n) is 4.32. The first-order chi connectivity index (χ1) is 10.2. The summed E-state index contributed by atoms with van der Waals surface area (Å²) in [5, 5.41) is 8.23. The van der Waals surface area contributed by atoms with Gasteiger partial charge in [-0.2, -0.15) is 5.10 Å². The third-order valence-electron chi connectivity index (χ3n) is 5.59. The lowest BCUT2D eigenvalue weighted by Crippen LogP contribution is -2.38. The number of piperidine rings is 1. The highest BCUT2D eigenvalue weighted by molar-refractivity contribution is 5.27. The van der Waals surface area contributed by atoms with Crippen LogP contribution in [-0.4, -0.2) is 40.9 Å². The van der Waals surface area contributed by atoms with Crippen LogP contribution >= 0.6 is 0 Å². The summed E-state index contributed by atoms with van der Waals surface area (Å²) in [6, 6.07) is 0. The minimum absolute atomic E-state index is 0.603. The largest absolute Gasteiger partial charge is 0.317 e. The Kier molecular flexibility index (Phi) is 4.36. The molecule has 3 rings (SSSR count). The Hall–Kier alpha value is -0.870. The highest BCUT2D eigenvalue weighted by Gasteiger charge is 2.39. The summed E-state index contributed by atoms with van der Waals surface area (Å²) in [7, 11) is 2.10. The number of nitrogens with zero attached hydrogens (tertiary/aromatic N) is 3. The van der Waals surface area contributed by atoms with Gasteiger partial charge in [0.1, 0.15) is 0 Å². The van der Waals surface area contributed by atoms with Gasteiger partial charge in [0, 0.05) is 31.4 Å². The molecule has 0 amide bonds. The maximum atomic E-state index is 4.73. The minimum Gasteiger partial charge on any atom is -0.317 e. The third kappa shape index (κ3) is 2.88. The van der Waals surface area contributed by atoms with E-state index >= 15 is 0 Å². The molecule has 1 aromatic heterocycles. The Morgan fingerprint density at radius 1 is 1.14 bits per heavy atom. The molecule has 118 valence electrons. The SMILES string of the molecule is CCc1nn(C)c(CC)c1CN1CCC2(CCNCC2)C1. The van der Waals surface area contributed by atoms with E-state index in [2.05, 4.69) is 35.8 Å². The number of hydrogen-bond acceptors (Lipinski definition) is 3. The lowest BCUT2D eigenvalue weighted by Gasteiger charge is -2.34. The predicted molar refractivity (Wildman–Crippen MR) is 86.4 cm³/mol. The Morgan fingerprint density at radius 2 is 1.90 bits per heavy atom. The number of rotatable bonds is 4. The molecule has 2 fully saturated rings. The van der Waals surface area contributed by atoms with Gasteiger partial charge in [0.25, 0.3) is 0 Å². The summed E-state index contributed by atoms with van der Waals surface area (Å²) < 4.78 is 2.10. The van der Waals surface area contributed by atoms with Crippen LogP contribution in [0.5, 0.6) is 0 Å². The molecule has 2 saturated heterocycles. The van der Waals surface area contributed by atoms with E-state index in [1.807, 2.05) is 0 Å². The van der Waals surface area contributed by atoms with Gasteiger partial charge < -0.3 is 5.32 Å². The molecule has 4 nitrogen and oxygen atoms in total. The summed E-state index contributed by atoms with van der Waals surface area (Å²) in [4.78, 5) is 2.68. The van der Waals surface area contributed by atoms with E-state index in [1.165, 1.54) is 62.4 Å². The van der Waals surface area contributed by atoms with Crippen LogP contribution in [0.4, 0.5) is 0 Å². The van der Waals surface area contributed by atoms with Crippen molar-refractivity contribution in [3.8, 4) is 0 Å². The molecule has 0 bridgehead atoms. The molecule has 0 unspecified atom stereocenters. The lowest BCUT2D eigenvalue weighted by atomic mass is 9.78. The van der Waals surface area contributed by atoms with Crippen molar-refractivity contribution < 1.29 is 0 Å². The van der Waals surface area contributed by atoms with Gasteiger partial charge in [-0.25, -0.2) is 0 Å². The van der Waals surface area contributed by atoms with Gasteiger partial charge in [0.05, 0.1) is 5.69 Å². The molecule has 0 saturated carbocycles. The van der Waals surface area contributed by atoms with Gasteiger partial charge in [-0.1, -0.05) is 13.8 Å². The van der Waals surface area contributed by atoms with Gasteiger partial charge in [-0.15, -0.1) is 0 Å². The molecule has 3 heterocycles. The first-order valence-corrected chi connectivity index (χ1v) is 8.64. The first kappa shape index (κ1) is 15.0. The third-order valence-corrected chi connectivity index (χ3v) is 5.59. The summed E-state index contributed by atoms with van der Waals surface area (Å²) in [6.07, 6.45) is 6.24. The van der Waals surface area contributed by atoms with E-state index in [1.54, 1.807) is 0 Å². The van der Waals surface area contributed by atoms with Gasteiger partial charge in [-0.05, 0) is 57.2 Å². The maximum absolute atomic E-state index is 4.73. The maximum Gasteiger partial charge on any atom is 0.0669 e. The Bertz CT molecular complexity index is 485. The van der Waals surface area contributed by atoms with Crippen LogP contribution in [0, 0.1) is 5.41 Å². The van der Waals surface area contributed by atoms with Crippen molar-refractivity contribution in [2.45, 2.75) is 52.5 Å². The highest BCUT2D eigenvalue weighted by Crippen LogP contribution is 2.39. The molecule has 1 spiro atoms. The van der Waals surface area contributed by atoms with Gasteiger partial charge in [-0.3, -0.25) is 9.58 Å². The fraction of sp³-hybridized carbons (Fsp3) is 0.824. The minimum atomic E-state index is 0.603. The summed E-state index contributed by atoms with van der Waals surface area (Å²) >= 11 is 0. The molecule has 1 aromatic rings. The second kappa shape index (κ2) is 6.09. The normalized spacial score (nSPS) is 22.2. The van der Waals surface area contributed by atoms with E-state index in [-0.39, 0.29) is 0 Å². The zero-order chi connectivity index (χ0) is 14.9. The molecule has 2 aliphatic heterocycles. The van der Waals surface area contributed by atoms with Gasteiger partial charge in [0.2, 0.25) is 0 Å². The predicted octanol–water partition coefficient (Wildman–Crippen LogP) is 2.12. The standard InChI is InChI=1S/C17H30N4/c1-4-15-14(16(5-2)20(3)19-15)12-21-11-8-17(13-21)6-9-18-10-7-17/h18H,4-13H2,1-3H3. The van der Waals surface area contributed by atoms with E-state index in [9.17, 15) is 0 Å². The van der Waals surface area contributed by atoms with Crippen LogP contribution in [0.1, 0.15) is 50.1 Å². The Morgan fingerprint density at radius 3 is 2.57 bits per heavy atom. The van der Waals surface area contributed by atoms with Crippen molar-refractivity contribution in [3.63, 3.8) is 0 Å². The molecular weight excluding hydrogens is 260 g/mol. The number of nitrogens with one attached hydrogen (secondary N) is 1. The Labute approximate surface area is 128 Å². The van der Waals surface area contributed by atoms with Crippen molar-refractivity contribution in [2.75, 3.05) is 26.2 Å². The molecule has 0 aliphatic carbocycles.